The Bertz CT molecular complexity index is 473. The van der Waals surface area contributed by atoms with Gasteiger partial charge in [-0.2, -0.15) is 0 Å². The number of ether oxygens (including phenoxy) is 1. The Morgan fingerprint density at radius 3 is 2.84 bits per heavy atom. The van der Waals surface area contributed by atoms with Crippen molar-refractivity contribution in [1.82, 2.24) is 0 Å². The Morgan fingerprint density at radius 1 is 1.37 bits per heavy atom. The molecule has 1 N–H and O–H groups in total. The first kappa shape index (κ1) is 15.0. The summed E-state index contributed by atoms with van der Waals surface area (Å²) >= 11 is 0. The van der Waals surface area contributed by atoms with E-state index < -0.39 is 0 Å². The average molecular weight is 260 g/mol. The molecule has 1 aromatic carbocycles. The molecule has 0 bridgehead atoms. The molecule has 0 saturated carbocycles. The van der Waals surface area contributed by atoms with Crippen LogP contribution < -0.4 is 4.74 Å². The Labute approximate surface area is 114 Å². The van der Waals surface area contributed by atoms with Crippen molar-refractivity contribution in [2.75, 3.05) is 7.11 Å². The zero-order valence-electron chi connectivity index (χ0n) is 11.4. The SMILES string of the molecule is CCCCC(=O)C=CC=Cc1ccc(O)c(OC)c1. The summed E-state index contributed by atoms with van der Waals surface area (Å²) in [5, 5.41) is 9.45. The minimum absolute atomic E-state index is 0.116. The molecule has 0 spiro atoms. The highest BCUT2D eigenvalue weighted by Gasteiger charge is 1.99. The molecule has 0 saturated heterocycles. The van der Waals surface area contributed by atoms with Crippen molar-refractivity contribution in [3.8, 4) is 11.5 Å². The number of rotatable bonds is 7. The maximum Gasteiger partial charge on any atom is 0.161 e. The summed E-state index contributed by atoms with van der Waals surface area (Å²) in [4.78, 5) is 11.4. The number of allylic oxidation sites excluding steroid dienone is 3. The van der Waals surface area contributed by atoms with E-state index >= 15 is 0 Å². The number of aromatic hydroxyl groups is 1. The molecule has 0 radical (unpaired) electrons. The number of ketones is 1. The molecule has 102 valence electrons. The van der Waals surface area contributed by atoms with Crippen LogP contribution in [0.25, 0.3) is 6.08 Å². The predicted molar refractivity (Wildman–Crippen MR) is 77.4 cm³/mol. The molecule has 0 aliphatic rings. The molecule has 0 atom stereocenters. The van der Waals surface area contributed by atoms with E-state index in [1.807, 2.05) is 6.08 Å². The van der Waals surface area contributed by atoms with Gasteiger partial charge in [0.2, 0.25) is 0 Å². The molecule has 3 nitrogen and oxygen atoms in total. The van der Waals surface area contributed by atoms with Gasteiger partial charge in [0.05, 0.1) is 7.11 Å². The van der Waals surface area contributed by atoms with Gasteiger partial charge in [0.15, 0.2) is 17.3 Å². The van der Waals surface area contributed by atoms with Crippen molar-refractivity contribution in [2.45, 2.75) is 26.2 Å². The maximum absolute atomic E-state index is 11.4. The number of carbonyl (C=O) groups is 1. The van der Waals surface area contributed by atoms with Gasteiger partial charge in [-0.1, -0.05) is 37.6 Å². The van der Waals surface area contributed by atoms with E-state index in [4.69, 9.17) is 4.74 Å². The van der Waals surface area contributed by atoms with E-state index in [0.29, 0.717) is 12.2 Å². The fraction of sp³-hybridized carbons (Fsp3) is 0.312. The summed E-state index contributed by atoms with van der Waals surface area (Å²) in [7, 11) is 1.51. The van der Waals surface area contributed by atoms with E-state index in [1.165, 1.54) is 7.11 Å². The Morgan fingerprint density at radius 2 is 2.16 bits per heavy atom. The van der Waals surface area contributed by atoms with Crippen LogP contribution >= 0.6 is 0 Å². The van der Waals surface area contributed by atoms with E-state index in [9.17, 15) is 9.90 Å². The highest BCUT2D eigenvalue weighted by molar-refractivity contribution is 5.89. The lowest BCUT2D eigenvalue weighted by molar-refractivity contribution is -0.114. The number of phenolic OH excluding ortho intramolecular Hbond substituents is 1. The van der Waals surface area contributed by atoms with Crippen molar-refractivity contribution < 1.29 is 14.6 Å². The summed E-state index contributed by atoms with van der Waals surface area (Å²) in [6, 6.07) is 5.09. The molecule has 1 rings (SSSR count). The van der Waals surface area contributed by atoms with Gasteiger partial charge in [-0.05, 0) is 30.2 Å². The maximum atomic E-state index is 11.4. The molecule has 0 unspecified atom stereocenters. The summed E-state index contributed by atoms with van der Waals surface area (Å²) in [5.74, 6) is 0.699. The molecule has 0 aliphatic carbocycles. The van der Waals surface area contributed by atoms with Crippen LogP contribution in [-0.2, 0) is 4.79 Å². The van der Waals surface area contributed by atoms with E-state index in [2.05, 4.69) is 6.92 Å². The fourth-order valence-electron chi connectivity index (χ4n) is 1.56. The first-order valence-corrected chi connectivity index (χ1v) is 6.42. The van der Waals surface area contributed by atoms with Gasteiger partial charge in [-0.15, -0.1) is 0 Å². The molecule has 1 aromatic rings. The second kappa shape index (κ2) is 8.14. The number of hydrogen-bond donors (Lipinski definition) is 1. The normalized spacial score (nSPS) is 11.3. The van der Waals surface area contributed by atoms with Gasteiger partial charge in [-0.3, -0.25) is 4.79 Å². The number of phenols is 1. The third-order valence-corrected chi connectivity index (χ3v) is 2.66. The third kappa shape index (κ3) is 5.42. The first-order chi connectivity index (χ1) is 9.17. The number of methoxy groups -OCH3 is 1. The van der Waals surface area contributed by atoms with Crippen LogP contribution in [-0.4, -0.2) is 18.0 Å². The smallest absolute Gasteiger partial charge is 0.161 e. The van der Waals surface area contributed by atoms with E-state index in [0.717, 1.165) is 18.4 Å². The summed E-state index contributed by atoms with van der Waals surface area (Å²) < 4.78 is 5.02. The van der Waals surface area contributed by atoms with E-state index in [1.54, 1.807) is 36.4 Å². The second-order valence-corrected chi connectivity index (χ2v) is 4.22. The zero-order valence-corrected chi connectivity index (χ0v) is 11.4. The number of benzene rings is 1. The molecule has 0 amide bonds. The summed E-state index contributed by atoms with van der Waals surface area (Å²) in [5.41, 5.74) is 0.903. The number of carbonyl (C=O) groups excluding carboxylic acids is 1. The second-order valence-electron chi connectivity index (χ2n) is 4.22. The summed E-state index contributed by atoms with van der Waals surface area (Å²) in [6.07, 6.45) is 9.54. The molecular weight excluding hydrogens is 240 g/mol. The van der Waals surface area contributed by atoms with Crippen LogP contribution in [0.15, 0.2) is 36.4 Å². The molecule has 0 heterocycles. The van der Waals surface area contributed by atoms with Crippen molar-refractivity contribution in [2.24, 2.45) is 0 Å². The monoisotopic (exact) mass is 260 g/mol. The lowest BCUT2D eigenvalue weighted by Gasteiger charge is -2.03. The van der Waals surface area contributed by atoms with Gasteiger partial charge in [0.1, 0.15) is 0 Å². The van der Waals surface area contributed by atoms with Gasteiger partial charge in [-0.25, -0.2) is 0 Å². The van der Waals surface area contributed by atoms with Crippen molar-refractivity contribution in [3.05, 3.63) is 42.0 Å². The zero-order chi connectivity index (χ0) is 14.1. The lowest BCUT2D eigenvalue weighted by atomic mass is 10.1. The fourth-order valence-corrected chi connectivity index (χ4v) is 1.56. The Balaban J connectivity index is 2.57. The first-order valence-electron chi connectivity index (χ1n) is 6.42. The van der Waals surface area contributed by atoms with E-state index in [-0.39, 0.29) is 11.5 Å². The lowest BCUT2D eigenvalue weighted by Crippen LogP contribution is -1.90. The predicted octanol–water partition coefficient (Wildman–Crippen LogP) is 3.73. The minimum atomic E-state index is 0.116. The van der Waals surface area contributed by atoms with Crippen LogP contribution in [0.4, 0.5) is 0 Å². The highest BCUT2D eigenvalue weighted by atomic mass is 16.5. The average Bonchev–Trinajstić information content (AvgIpc) is 2.42. The van der Waals surface area contributed by atoms with Crippen molar-refractivity contribution in [1.29, 1.82) is 0 Å². The molecule has 19 heavy (non-hydrogen) atoms. The number of hydrogen-bond acceptors (Lipinski definition) is 3. The van der Waals surface area contributed by atoms with Gasteiger partial charge < -0.3 is 9.84 Å². The summed E-state index contributed by atoms with van der Waals surface area (Å²) in [6.45, 7) is 2.06. The molecule has 0 aromatic heterocycles. The van der Waals surface area contributed by atoms with Gasteiger partial charge >= 0.3 is 0 Å². The highest BCUT2D eigenvalue weighted by Crippen LogP contribution is 2.26. The number of unbranched alkanes of at least 4 members (excludes halogenated alkanes) is 1. The third-order valence-electron chi connectivity index (χ3n) is 2.66. The van der Waals surface area contributed by atoms with Crippen LogP contribution in [0.2, 0.25) is 0 Å². The Hall–Kier alpha value is -2.03. The quantitative estimate of drug-likeness (QED) is 0.600. The van der Waals surface area contributed by atoms with Crippen molar-refractivity contribution >= 4 is 11.9 Å². The van der Waals surface area contributed by atoms with Crippen molar-refractivity contribution in [3.63, 3.8) is 0 Å². The largest absolute Gasteiger partial charge is 0.504 e. The molecule has 0 fully saturated rings. The molecule has 0 aliphatic heterocycles. The van der Waals surface area contributed by atoms with Crippen LogP contribution in [0.1, 0.15) is 31.7 Å². The van der Waals surface area contributed by atoms with Gasteiger partial charge in [0.25, 0.3) is 0 Å². The van der Waals surface area contributed by atoms with Gasteiger partial charge in [0, 0.05) is 6.42 Å². The molecular formula is C16H20O3. The van der Waals surface area contributed by atoms with Crippen LogP contribution in [0.3, 0.4) is 0 Å². The van der Waals surface area contributed by atoms with Crippen LogP contribution in [0.5, 0.6) is 11.5 Å². The van der Waals surface area contributed by atoms with Crippen LogP contribution in [0, 0.1) is 0 Å². The molecule has 3 heteroatoms. The minimum Gasteiger partial charge on any atom is -0.504 e. The topological polar surface area (TPSA) is 46.5 Å². The standard InChI is InChI=1S/C16H20O3/c1-3-4-8-14(17)9-6-5-7-13-10-11-15(18)16(12-13)19-2/h5-7,9-12,18H,3-4,8H2,1-2H3. The Kier molecular flexibility index (Phi) is 6.44.